The van der Waals surface area contributed by atoms with Gasteiger partial charge in [-0.2, -0.15) is 4.98 Å². The second kappa shape index (κ2) is 5.63. The lowest BCUT2D eigenvalue weighted by molar-refractivity contribution is 0.152. The van der Waals surface area contributed by atoms with Crippen LogP contribution in [0.1, 0.15) is 6.42 Å². The number of hydrogen-bond donors (Lipinski definition) is 0. The molecule has 0 aromatic carbocycles. The van der Waals surface area contributed by atoms with E-state index >= 15 is 0 Å². The second-order valence-electron chi connectivity index (χ2n) is 4.39. The molecule has 20 heavy (non-hydrogen) atoms. The van der Waals surface area contributed by atoms with Crippen LogP contribution in [0.25, 0.3) is 10.9 Å². The summed E-state index contributed by atoms with van der Waals surface area (Å²) in [6, 6.07) is 0. The smallest absolute Gasteiger partial charge is 0.225 e. The first-order valence-corrected chi connectivity index (χ1v) is 6.92. The molecule has 0 atom stereocenters. The summed E-state index contributed by atoms with van der Waals surface area (Å²) in [5, 5.41) is 0.259. The molecule has 1 fully saturated rings. The van der Waals surface area contributed by atoms with Gasteiger partial charge in [-0.15, -0.1) is 0 Å². The Morgan fingerprint density at radius 3 is 2.90 bits per heavy atom. The van der Waals surface area contributed by atoms with Crippen molar-refractivity contribution in [2.24, 2.45) is 0 Å². The molecule has 0 N–H and O–H groups in total. The molecular weight excluding hydrogens is 306 g/mol. The molecule has 0 spiro atoms. The molecule has 0 saturated carbocycles. The Kier molecular flexibility index (Phi) is 3.87. The molecular formula is C12H11Cl2FN4O. The molecule has 1 saturated heterocycles. The van der Waals surface area contributed by atoms with Crippen LogP contribution >= 0.6 is 23.2 Å². The van der Waals surface area contributed by atoms with Gasteiger partial charge in [-0.1, -0.05) is 11.6 Å². The summed E-state index contributed by atoms with van der Waals surface area (Å²) in [6.07, 6.45) is 2.34. The predicted octanol–water partition coefficient (Wildman–Crippen LogP) is 2.70. The molecule has 3 rings (SSSR count). The number of aromatic nitrogens is 3. The van der Waals surface area contributed by atoms with Gasteiger partial charge in [-0.05, 0) is 18.0 Å². The molecule has 0 aliphatic carbocycles. The van der Waals surface area contributed by atoms with E-state index in [9.17, 15) is 4.39 Å². The van der Waals surface area contributed by atoms with E-state index in [0.717, 1.165) is 13.0 Å². The Balaban J connectivity index is 2.16. The summed E-state index contributed by atoms with van der Waals surface area (Å²) in [4.78, 5) is 13.9. The van der Waals surface area contributed by atoms with Crippen LogP contribution in [0.5, 0.6) is 0 Å². The Morgan fingerprint density at radius 2 is 2.05 bits per heavy atom. The third kappa shape index (κ3) is 2.51. The highest BCUT2D eigenvalue weighted by molar-refractivity contribution is 6.30. The molecule has 2 aromatic rings. The van der Waals surface area contributed by atoms with Crippen molar-refractivity contribution in [3.63, 3.8) is 0 Å². The molecule has 8 heteroatoms. The molecule has 1 aliphatic rings. The van der Waals surface area contributed by atoms with E-state index in [-0.39, 0.29) is 16.0 Å². The number of anilines is 1. The molecule has 2 aromatic heterocycles. The van der Waals surface area contributed by atoms with E-state index in [1.807, 2.05) is 4.90 Å². The topological polar surface area (TPSA) is 51.1 Å². The highest BCUT2D eigenvalue weighted by Crippen LogP contribution is 2.29. The van der Waals surface area contributed by atoms with Gasteiger partial charge in [0.05, 0.1) is 12.0 Å². The zero-order chi connectivity index (χ0) is 14.1. The quantitative estimate of drug-likeness (QED) is 0.598. The van der Waals surface area contributed by atoms with E-state index < -0.39 is 5.82 Å². The van der Waals surface area contributed by atoms with E-state index in [2.05, 4.69) is 15.0 Å². The van der Waals surface area contributed by atoms with E-state index in [0.29, 0.717) is 31.0 Å². The van der Waals surface area contributed by atoms with E-state index in [1.165, 1.54) is 6.20 Å². The predicted molar refractivity (Wildman–Crippen MR) is 75.0 cm³/mol. The van der Waals surface area contributed by atoms with Crippen molar-refractivity contribution in [3.05, 3.63) is 22.5 Å². The normalized spacial score (nSPS) is 16.4. The molecule has 0 amide bonds. The summed E-state index contributed by atoms with van der Waals surface area (Å²) in [5.41, 5.74) is 0.0881. The van der Waals surface area contributed by atoms with Gasteiger partial charge >= 0.3 is 0 Å². The molecule has 5 nitrogen and oxygen atoms in total. The molecule has 1 aliphatic heterocycles. The molecule has 0 radical (unpaired) electrons. The first-order valence-electron chi connectivity index (χ1n) is 6.17. The number of nitrogens with zero attached hydrogens (tertiary/aromatic N) is 4. The van der Waals surface area contributed by atoms with Crippen LogP contribution in [0.3, 0.4) is 0 Å². The molecule has 106 valence electrons. The lowest BCUT2D eigenvalue weighted by Crippen LogP contribution is -2.27. The standard InChI is InChI=1S/C12H11Cl2FN4O/c13-10-8(15)9-7(6-16-10)11(18-12(14)17-9)19-2-1-4-20-5-3-19/h6H,1-5H2. The fourth-order valence-electron chi connectivity index (χ4n) is 2.19. The SMILES string of the molecule is Fc1c(Cl)ncc2c(N3CCCOCC3)nc(Cl)nc12. The first kappa shape index (κ1) is 13.7. The minimum Gasteiger partial charge on any atom is -0.380 e. The van der Waals surface area contributed by atoms with Crippen LogP contribution in [0.4, 0.5) is 10.2 Å². The summed E-state index contributed by atoms with van der Waals surface area (Å²) >= 11 is 11.6. The lowest BCUT2D eigenvalue weighted by Gasteiger charge is -2.22. The first-order chi connectivity index (χ1) is 9.66. The van der Waals surface area contributed by atoms with Crippen molar-refractivity contribution in [2.45, 2.75) is 6.42 Å². The third-order valence-electron chi connectivity index (χ3n) is 3.12. The van der Waals surface area contributed by atoms with Gasteiger partial charge in [0, 0.05) is 25.9 Å². The number of halogens is 3. The monoisotopic (exact) mass is 316 g/mol. The molecule has 0 unspecified atom stereocenters. The fourth-order valence-corrected chi connectivity index (χ4v) is 2.49. The van der Waals surface area contributed by atoms with Gasteiger partial charge in [0.1, 0.15) is 11.3 Å². The van der Waals surface area contributed by atoms with Gasteiger partial charge in [-0.25, -0.2) is 14.4 Å². The zero-order valence-electron chi connectivity index (χ0n) is 10.4. The van der Waals surface area contributed by atoms with Crippen molar-refractivity contribution in [1.82, 2.24) is 15.0 Å². The minimum absolute atomic E-state index is 0.0150. The summed E-state index contributed by atoms with van der Waals surface area (Å²) in [7, 11) is 0. The van der Waals surface area contributed by atoms with Gasteiger partial charge in [0.15, 0.2) is 11.0 Å². The highest BCUT2D eigenvalue weighted by Gasteiger charge is 2.19. The minimum atomic E-state index is -0.680. The van der Waals surface area contributed by atoms with Crippen LogP contribution in [-0.2, 0) is 4.74 Å². The fraction of sp³-hybridized carbons (Fsp3) is 0.417. The number of pyridine rings is 1. The third-order valence-corrected chi connectivity index (χ3v) is 3.55. The summed E-state index contributed by atoms with van der Waals surface area (Å²) in [5.74, 6) is -0.116. The highest BCUT2D eigenvalue weighted by atomic mass is 35.5. The largest absolute Gasteiger partial charge is 0.380 e. The van der Waals surface area contributed by atoms with Crippen LogP contribution in [-0.4, -0.2) is 41.3 Å². The second-order valence-corrected chi connectivity index (χ2v) is 5.09. The maximum Gasteiger partial charge on any atom is 0.225 e. The van der Waals surface area contributed by atoms with Gasteiger partial charge in [0.2, 0.25) is 5.28 Å². The Morgan fingerprint density at radius 1 is 1.20 bits per heavy atom. The van der Waals surface area contributed by atoms with Crippen molar-refractivity contribution in [2.75, 3.05) is 31.2 Å². The molecule has 0 bridgehead atoms. The Hall–Kier alpha value is -1.24. The average molecular weight is 317 g/mol. The van der Waals surface area contributed by atoms with Crippen molar-refractivity contribution < 1.29 is 9.13 Å². The van der Waals surface area contributed by atoms with Gasteiger partial charge in [0.25, 0.3) is 0 Å². The average Bonchev–Trinajstić information content (AvgIpc) is 2.71. The number of rotatable bonds is 1. The van der Waals surface area contributed by atoms with Crippen LogP contribution in [0.15, 0.2) is 6.20 Å². The summed E-state index contributed by atoms with van der Waals surface area (Å²) in [6.45, 7) is 2.71. The molecule has 3 heterocycles. The lowest BCUT2D eigenvalue weighted by atomic mass is 10.2. The van der Waals surface area contributed by atoms with Crippen LogP contribution in [0, 0.1) is 5.82 Å². The Labute approximate surface area is 124 Å². The summed E-state index contributed by atoms with van der Waals surface area (Å²) < 4.78 is 19.4. The van der Waals surface area contributed by atoms with Crippen molar-refractivity contribution in [3.8, 4) is 0 Å². The number of ether oxygens (including phenoxy) is 1. The van der Waals surface area contributed by atoms with Crippen LogP contribution < -0.4 is 4.90 Å². The number of hydrogen-bond acceptors (Lipinski definition) is 5. The Bertz CT molecular complexity index is 647. The van der Waals surface area contributed by atoms with E-state index in [4.69, 9.17) is 27.9 Å². The van der Waals surface area contributed by atoms with Gasteiger partial charge < -0.3 is 9.64 Å². The number of fused-ring (bicyclic) bond motifs is 1. The van der Waals surface area contributed by atoms with E-state index in [1.54, 1.807) is 0 Å². The van der Waals surface area contributed by atoms with Crippen LogP contribution in [0.2, 0.25) is 10.4 Å². The van der Waals surface area contributed by atoms with Gasteiger partial charge in [-0.3, -0.25) is 0 Å². The zero-order valence-corrected chi connectivity index (χ0v) is 12.0. The maximum atomic E-state index is 14.0. The maximum absolute atomic E-state index is 14.0. The van der Waals surface area contributed by atoms with Crippen molar-refractivity contribution >= 4 is 39.9 Å². The van der Waals surface area contributed by atoms with Crippen molar-refractivity contribution in [1.29, 1.82) is 0 Å².